The molecule has 3 heterocycles. The first-order chi connectivity index (χ1) is 17.0. The number of fused-ring (bicyclic) bond motifs is 3. The molecule has 5 N–H and O–H groups in total. The fourth-order valence-electron chi connectivity index (χ4n) is 6.73. The summed E-state index contributed by atoms with van der Waals surface area (Å²) >= 11 is 6.33. The molecule has 2 saturated carbocycles. The Morgan fingerprint density at radius 2 is 1.97 bits per heavy atom. The van der Waals surface area contributed by atoms with Crippen LogP contribution in [0.2, 0.25) is 5.28 Å². The largest absolute Gasteiger partial charge is 0.388 e. The van der Waals surface area contributed by atoms with Crippen LogP contribution in [0.15, 0.2) is 6.33 Å². The summed E-state index contributed by atoms with van der Waals surface area (Å²) in [5, 5.41) is 24.8. The van der Waals surface area contributed by atoms with E-state index in [1.807, 2.05) is 0 Å². The fourth-order valence-corrected chi connectivity index (χ4v) is 7.49. The minimum atomic E-state index is -4.27. The fraction of sp³-hybridized carbons (Fsp3) is 0.783. The highest BCUT2D eigenvalue weighted by Gasteiger charge is 2.45. The second-order valence-electron chi connectivity index (χ2n) is 10.9. The maximum Gasteiger partial charge on any atom is 0.325 e. The Balaban J connectivity index is 1.42. The third-order valence-corrected chi connectivity index (χ3v) is 9.28. The molecule has 2 bridgehead atoms. The van der Waals surface area contributed by atoms with Crippen molar-refractivity contribution in [3.8, 4) is 0 Å². The molecule has 3 fully saturated rings. The minimum absolute atomic E-state index is 0.0246. The van der Waals surface area contributed by atoms with Gasteiger partial charge in [-0.05, 0) is 67.4 Å². The molecule has 0 radical (unpaired) electrons. The van der Waals surface area contributed by atoms with Gasteiger partial charge >= 0.3 is 7.60 Å². The number of imidazole rings is 1. The molecule has 200 valence electrons. The van der Waals surface area contributed by atoms with E-state index in [0.29, 0.717) is 34.7 Å². The van der Waals surface area contributed by atoms with Gasteiger partial charge in [0, 0.05) is 6.04 Å². The van der Waals surface area contributed by atoms with Crippen molar-refractivity contribution >= 4 is 36.2 Å². The second kappa shape index (κ2) is 10.1. The second-order valence-corrected chi connectivity index (χ2v) is 13.0. The molecule has 0 spiro atoms. The van der Waals surface area contributed by atoms with Crippen LogP contribution < -0.4 is 5.32 Å². The molecule has 13 heteroatoms. The maximum atomic E-state index is 11.3. The van der Waals surface area contributed by atoms with Crippen molar-refractivity contribution in [3.63, 3.8) is 0 Å². The molecule has 2 aliphatic carbocycles. The Bertz CT molecular complexity index is 1140. The number of nitrogens with zero attached hydrogens (tertiary/aromatic N) is 4. The normalized spacial score (nSPS) is 36.9. The van der Waals surface area contributed by atoms with Crippen LogP contribution in [0.25, 0.3) is 11.2 Å². The number of anilines is 1. The molecular formula is C23H35ClN5O6P. The van der Waals surface area contributed by atoms with E-state index in [-0.39, 0.29) is 17.7 Å². The molecular weight excluding hydrogens is 509 g/mol. The van der Waals surface area contributed by atoms with Gasteiger partial charge in [-0.2, -0.15) is 9.97 Å². The highest BCUT2D eigenvalue weighted by atomic mass is 35.5. The predicted octanol–water partition coefficient (Wildman–Crippen LogP) is 2.93. The van der Waals surface area contributed by atoms with E-state index in [0.717, 1.165) is 12.3 Å². The Kier molecular flexibility index (Phi) is 7.37. The number of hydrogen-bond acceptors (Lipinski definition) is 8. The zero-order valence-corrected chi connectivity index (χ0v) is 22.1. The summed E-state index contributed by atoms with van der Waals surface area (Å²) in [4.78, 5) is 31.7. The lowest BCUT2D eigenvalue weighted by atomic mass is 9.62. The molecule has 3 aliphatic rings. The van der Waals surface area contributed by atoms with Crippen LogP contribution in [0.3, 0.4) is 0 Å². The summed E-state index contributed by atoms with van der Waals surface area (Å²) in [7, 11) is -4.27. The van der Waals surface area contributed by atoms with Crippen molar-refractivity contribution in [2.45, 2.75) is 83.0 Å². The number of aromatic nitrogens is 4. The Morgan fingerprint density at radius 1 is 1.19 bits per heavy atom. The standard InChI is InChI=1S/C23H35ClN5O6P/c1-3-13-8-12-6-11(2)7-14(9-12)16(13)26-20-17-21(28-23(24)27-20)29(10-25-17)22-19(31)18(30)15(35-22)4-5-36(32,33)34/h10-16,18-19,22,30-31H,3-9H2,1-2H3,(H,26,27,28)(H2,32,33,34)/t11?,12?,13?,14-,15?,16?,18?,19?,22?/m1/s1. The molecule has 9 atom stereocenters. The minimum Gasteiger partial charge on any atom is -0.388 e. The van der Waals surface area contributed by atoms with Crippen molar-refractivity contribution in [3.05, 3.63) is 11.6 Å². The van der Waals surface area contributed by atoms with Crippen LogP contribution in [0.1, 0.15) is 58.6 Å². The molecule has 8 unspecified atom stereocenters. The number of ether oxygens (including phenoxy) is 1. The summed E-state index contributed by atoms with van der Waals surface area (Å²) in [5.41, 5.74) is 0.840. The quantitative estimate of drug-likeness (QED) is 0.259. The molecule has 0 amide bonds. The van der Waals surface area contributed by atoms with E-state index >= 15 is 0 Å². The number of nitrogens with one attached hydrogen (secondary N) is 1. The first-order valence-corrected chi connectivity index (χ1v) is 14.9. The molecule has 2 aromatic heterocycles. The Morgan fingerprint density at radius 3 is 2.69 bits per heavy atom. The average molecular weight is 544 g/mol. The van der Waals surface area contributed by atoms with E-state index in [4.69, 9.17) is 16.3 Å². The number of aliphatic hydroxyl groups is 2. The predicted molar refractivity (Wildman–Crippen MR) is 134 cm³/mol. The van der Waals surface area contributed by atoms with Gasteiger partial charge in [0.2, 0.25) is 5.28 Å². The van der Waals surface area contributed by atoms with Crippen LogP contribution in [0.4, 0.5) is 5.82 Å². The average Bonchev–Trinajstić information content (AvgIpc) is 3.34. The first kappa shape index (κ1) is 26.3. The summed E-state index contributed by atoms with van der Waals surface area (Å²) in [6.45, 7) is 4.56. The highest BCUT2D eigenvalue weighted by molar-refractivity contribution is 7.51. The van der Waals surface area contributed by atoms with Crippen LogP contribution >= 0.6 is 19.2 Å². The molecule has 2 aromatic rings. The van der Waals surface area contributed by atoms with Crippen LogP contribution in [0, 0.1) is 23.7 Å². The molecule has 1 aliphatic heterocycles. The van der Waals surface area contributed by atoms with Gasteiger partial charge in [0.1, 0.15) is 12.2 Å². The van der Waals surface area contributed by atoms with E-state index in [2.05, 4.69) is 34.1 Å². The number of rotatable bonds is 7. The van der Waals surface area contributed by atoms with Gasteiger partial charge in [-0.1, -0.05) is 20.3 Å². The lowest BCUT2D eigenvalue weighted by Gasteiger charge is -2.47. The van der Waals surface area contributed by atoms with Crippen LogP contribution in [0.5, 0.6) is 0 Å². The van der Waals surface area contributed by atoms with Gasteiger partial charge in [-0.25, -0.2) is 4.98 Å². The molecule has 0 aromatic carbocycles. The van der Waals surface area contributed by atoms with Crippen molar-refractivity contribution in [1.82, 2.24) is 19.5 Å². The number of hydrogen-bond donors (Lipinski definition) is 5. The molecule has 11 nitrogen and oxygen atoms in total. The summed E-state index contributed by atoms with van der Waals surface area (Å²) in [5.74, 6) is 3.09. The highest BCUT2D eigenvalue weighted by Crippen LogP contribution is 2.47. The Labute approximate surface area is 214 Å². The topological polar surface area (TPSA) is 163 Å². The van der Waals surface area contributed by atoms with Crippen LogP contribution in [-0.2, 0) is 9.30 Å². The smallest absolute Gasteiger partial charge is 0.325 e. The van der Waals surface area contributed by atoms with E-state index in [1.54, 1.807) is 0 Å². The zero-order valence-electron chi connectivity index (χ0n) is 20.4. The monoisotopic (exact) mass is 543 g/mol. The van der Waals surface area contributed by atoms with E-state index in [9.17, 15) is 24.6 Å². The van der Waals surface area contributed by atoms with Crippen molar-refractivity contribution in [2.75, 3.05) is 11.5 Å². The molecule has 1 saturated heterocycles. The number of halogens is 1. The van der Waals surface area contributed by atoms with Gasteiger partial charge < -0.3 is 30.1 Å². The molecule has 36 heavy (non-hydrogen) atoms. The third kappa shape index (κ3) is 5.16. The van der Waals surface area contributed by atoms with Gasteiger partial charge in [0.15, 0.2) is 23.2 Å². The zero-order chi connectivity index (χ0) is 25.8. The summed E-state index contributed by atoms with van der Waals surface area (Å²) in [6, 6.07) is 0.250. The number of aliphatic hydroxyl groups excluding tert-OH is 2. The van der Waals surface area contributed by atoms with Gasteiger partial charge in [0.25, 0.3) is 0 Å². The van der Waals surface area contributed by atoms with Crippen LogP contribution in [-0.4, -0.2) is 70.0 Å². The van der Waals surface area contributed by atoms with Crippen molar-refractivity contribution in [2.24, 2.45) is 23.7 Å². The summed E-state index contributed by atoms with van der Waals surface area (Å²) in [6.07, 6.45) is 2.23. The summed E-state index contributed by atoms with van der Waals surface area (Å²) < 4.78 is 18.6. The van der Waals surface area contributed by atoms with Gasteiger partial charge in [-0.3, -0.25) is 9.13 Å². The van der Waals surface area contributed by atoms with Crippen molar-refractivity contribution < 1.29 is 29.3 Å². The first-order valence-electron chi connectivity index (χ1n) is 12.8. The van der Waals surface area contributed by atoms with E-state index < -0.39 is 38.3 Å². The SMILES string of the molecule is CCC1CC2CC(C)C[C@H](C2)C1Nc1nc(Cl)nc2c1ncn2C1OC(CCP(=O)(O)O)C(O)C1O. The van der Waals surface area contributed by atoms with Gasteiger partial charge in [-0.15, -0.1) is 0 Å². The maximum absolute atomic E-state index is 11.3. The van der Waals surface area contributed by atoms with Gasteiger partial charge in [0.05, 0.1) is 18.6 Å². The third-order valence-electron chi connectivity index (χ3n) is 8.27. The Hall–Kier alpha value is -1.33. The lowest BCUT2D eigenvalue weighted by Crippen LogP contribution is -2.46. The molecule has 5 rings (SSSR count). The lowest BCUT2D eigenvalue weighted by molar-refractivity contribution is -0.0355. The van der Waals surface area contributed by atoms with E-state index in [1.165, 1.54) is 36.6 Å². The van der Waals surface area contributed by atoms with Crippen molar-refractivity contribution in [1.29, 1.82) is 0 Å².